The van der Waals surface area contributed by atoms with E-state index in [4.69, 9.17) is 0 Å². The highest BCUT2D eigenvalue weighted by molar-refractivity contribution is 7.99. The molecule has 1 atom stereocenters. The Morgan fingerprint density at radius 1 is 1.10 bits per heavy atom. The highest BCUT2D eigenvalue weighted by atomic mass is 32.2. The van der Waals surface area contributed by atoms with Gasteiger partial charge in [0.1, 0.15) is 10.6 Å². The molecular formula is C21H26N2O4S2. The smallest absolute Gasteiger partial charge is 0.246 e. The highest BCUT2D eigenvalue weighted by Gasteiger charge is 2.33. The van der Waals surface area contributed by atoms with Gasteiger partial charge in [-0.05, 0) is 37.1 Å². The Balaban J connectivity index is 1.58. The summed E-state index contributed by atoms with van der Waals surface area (Å²) >= 11 is 1.58. The van der Waals surface area contributed by atoms with Crippen molar-refractivity contribution in [3.05, 3.63) is 59.7 Å². The minimum Gasteiger partial charge on any atom is -0.507 e. The van der Waals surface area contributed by atoms with Gasteiger partial charge >= 0.3 is 0 Å². The van der Waals surface area contributed by atoms with Crippen LogP contribution in [0.2, 0.25) is 0 Å². The first kappa shape index (κ1) is 21.7. The molecule has 1 unspecified atom stereocenters. The van der Waals surface area contributed by atoms with Crippen LogP contribution in [0.3, 0.4) is 0 Å². The van der Waals surface area contributed by atoms with Gasteiger partial charge in [0, 0.05) is 31.9 Å². The number of hydrogen-bond donors (Lipinski definition) is 1. The molecule has 156 valence electrons. The van der Waals surface area contributed by atoms with Crippen LogP contribution in [0.15, 0.2) is 53.4 Å². The lowest BCUT2D eigenvalue weighted by molar-refractivity contribution is -0.131. The third-order valence-electron chi connectivity index (χ3n) is 4.97. The van der Waals surface area contributed by atoms with E-state index in [1.54, 1.807) is 29.7 Å². The number of piperazine rings is 1. The largest absolute Gasteiger partial charge is 0.507 e. The minimum absolute atomic E-state index is 0.0291. The lowest BCUT2D eigenvalue weighted by atomic mass is 10.2. The Hall–Kier alpha value is -2.03. The van der Waals surface area contributed by atoms with Crippen molar-refractivity contribution in [1.29, 1.82) is 0 Å². The van der Waals surface area contributed by atoms with Gasteiger partial charge in [-0.25, -0.2) is 8.42 Å². The van der Waals surface area contributed by atoms with E-state index in [2.05, 4.69) is 0 Å². The topological polar surface area (TPSA) is 77.9 Å². The average Bonchev–Trinajstić information content (AvgIpc) is 2.74. The number of thioether (sulfide) groups is 1. The number of nitrogens with zero attached hydrogens (tertiary/aromatic N) is 2. The van der Waals surface area contributed by atoms with Crippen molar-refractivity contribution in [2.75, 3.05) is 26.2 Å². The first-order valence-electron chi connectivity index (χ1n) is 9.53. The van der Waals surface area contributed by atoms with E-state index in [1.807, 2.05) is 37.3 Å². The number of aromatic hydroxyl groups is 1. The summed E-state index contributed by atoms with van der Waals surface area (Å²) in [5.74, 6) is 0.538. The Morgan fingerprint density at radius 2 is 1.76 bits per heavy atom. The zero-order valence-corrected chi connectivity index (χ0v) is 18.2. The number of aryl methyl sites for hydroxylation is 1. The monoisotopic (exact) mass is 434 g/mol. The maximum atomic E-state index is 12.9. The molecule has 1 amide bonds. The molecule has 2 aromatic rings. The zero-order chi connectivity index (χ0) is 21.0. The number of hydrogen-bond acceptors (Lipinski definition) is 5. The van der Waals surface area contributed by atoms with Crippen molar-refractivity contribution < 1.29 is 18.3 Å². The number of benzene rings is 2. The van der Waals surface area contributed by atoms with Gasteiger partial charge < -0.3 is 10.0 Å². The van der Waals surface area contributed by atoms with Crippen molar-refractivity contribution >= 4 is 27.7 Å². The van der Waals surface area contributed by atoms with Crippen LogP contribution >= 0.6 is 11.8 Å². The fourth-order valence-electron chi connectivity index (χ4n) is 3.24. The molecule has 0 saturated carbocycles. The van der Waals surface area contributed by atoms with E-state index >= 15 is 0 Å². The maximum Gasteiger partial charge on any atom is 0.246 e. The first-order chi connectivity index (χ1) is 13.8. The van der Waals surface area contributed by atoms with E-state index in [1.165, 1.54) is 22.0 Å². The Kier molecular flexibility index (Phi) is 6.87. The van der Waals surface area contributed by atoms with E-state index in [0.29, 0.717) is 13.1 Å². The number of amides is 1. The predicted molar refractivity (Wildman–Crippen MR) is 115 cm³/mol. The van der Waals surface area contributed by atoms with Crippen LogP contribution in [0.5, 0.6) is 5.75 Å². The van der Waals surface area contributed by atoms with Crippen molar-refractivity contribution in [1.82, 2.24) is 9.21 Å². The molecule has 0 radical (unpaired) electrons. The molecule has 1 aliphatic rings. The number of carbonyl (C=O) groups excluding carboxylic acids is 1. The molecule has 1 fully saturated rings. The maximum absolute atomic E-state index is 12.9. The van der Waals surface area contributed by atoms with Gasteiger partial charge in [-0.2, -0.15) is 4.31 Å². The Bertz CT molecular complexity index is 956. The second-order valence-electron chi connectivity index (χ2n) is 7.14. The van der Waals surface area contributed by atoms with Gasteiger partial charge in [-0.15, -0.1) is 11.8 Å². The SMILES string of the molecule is Cc1ccc(O)c(S(=O)(=O)N2CCN(C(=O)C(C)SCc3ccccc3)CC2)c1. The summed E-state index contributed by atoms with van der Waals surface area (Å²) in [7, 11) is -3.79. The number of phenols is 1. The molecular weight excluding hydrogens is 408 g/mol. The highest BCUT2D eigenvalue weighted by Crippen LogP contribution is 2.28. The summed E-state index contributed by atoms with van der Waals surface area (Å²) in [6.07, 6.45) is 0. The van der Waals surface area contributed by atoms with Crippen LogP contribution in [0, 0.1) is 6.92 Å². The Labute approximate surface area is 176 Å². The summed E-state index contributed by atoms with van der Waals surface area (Å²) in [5.41, 5.74) is 1.94. The lowest BCUT2D eigenvalue weighted by Gasteiger charge is -2.35. The van der Waals surface area contributed by atoms with Gasteiger partial charge in [0.2, 0.25) is 15.9 Å². The predicted octanol–water partition coefficient (Wildman–Crippen LogP) is 2.86. The van der Waals surface area contributed by atoms with Crippen molar-refractivity contribution in [3.8, 4) is 5.75 Å². The fourth-order valence-corrected chi connectivity index (χ4v) is 5.76. The molecule has 0 spiro atoms. The van der Waals surface area contributed by atoms with E-state index in [0.717, 1.165) is 11.3 Å². The molecule has 0 aromatic heterocycles. The van der Waals surface area contributed by atoms with Crippen molar-refractivity contribution in [2.45, 2.75) is 29.7 Å². The molecule has 3 rings (SSSR count). The summed E-state index contributed by atoms with van der Waals surface area (Å²) in [5, 5.41) is 9.80. The minimum atomic E-state index is -3.79. The summed E-state index contributed by atoms with van der Waals surface area (Å²) in [4.78, 5) is 14.4. The van der Waals surface area contributed by atoms with Crippen LogP contribution in [0.4, 0.5) is 0 Å². The molecule has 2 aromatic carbocycles. The summed E-state index contributed by atoms with van der Waals surface area (Å²) in [6, 6.07) is 14.5. The molecule has 1 heterocycles. The fraction of sp³-hybridized carbons (Fsp3) is 0.381. The van der Waals surface area contributed by atoms with Crippen molar-refractivity contribution in [2.24, 2.45) is 0 Å². The molecule has 0 aliphatic carbocycles. The number of sulfonamides is 1. The van der Waals surface area contributed by atoms with Gasteiger partial charge in [-0.3, -0.25) is 4.79 Å². The zero-order valence-electron chi connectivity index (χ0n) is 16.6. The second-order valence-corrected chi connectivity index (χ2v) is 10.4. The number of carbonyl (C=O) groups is 1. The lowest BCUT2D eigenvalue weighted by Crippen LogP contribution is -2.52. The molecule has 8 heteroatoms. The quantitative estimate of drug-likeness (QED) is 0.756. The van der Waals surface area contributed by atoms with Crippen LogP contribution < -0.4 is 0 Å². The van der Waals surface area contributed by atoms with Gasteiger partial charge in [-0.1, -0.05) is 36.4 Å². The third kappa shape index (κ3) is 5.12. The molecule has 0 bridgehead atoms. The van der Waals surface area contributed by atoms with E-state index in [-0.39, 0.29) is 34.9 Å². The molecule has 1 aliphatic heterocycles. The van der Waals surface area contributed by atoms with E-state index in [9.17, 15) is 18.3 Å². The molecule has 1 saturated heterocycles. The van der Waals surface area contributed by atoms with Crippen LogP contribution in [-0.2, 0) is 20.6 Å². The second kappa shape index (κ2) is 9.19. The normalized spacial score (nSPS) is 16.6. The summed E-state index contributed by atoms with van der Waals surface area (Å²) < 4.78 is 27.1. The van der Waals surface area contributed by atoms with Gasteiger partial charge in [0.15, 0.2) is 0 Å². The van der Waals surface area contributed by atoms with E-state index < -0.39 is 10.0 Å². The molecule has 1 N–H and O–H groups in total. The number of rotatable bonds is 6. The van der Waals surface area contributed by atoms with Crippen molar-refractivity contribution in [3.63, 3.8) is 0 Å². The standard InChI is InChI=1S/C21H26N2O4S2/c1-16-8-9-19(24)20(14-16)29(26,27)23-12-10-22(11-13-23)21(25)17(2)28-15-18-6-4-3-5-7-18/h3-9,14,17,24H,10-13,15H2,1-2H3. The third-order valence-corrected chi connectivity index (χ3v) is 8.10. The summed E-state index contributed by atoms with van der Waals surface area (Å²) in [6.45, 7) is 4.81. The van der Waals surface area contributed by atoms with Gasteiger partial charge in [0.25, 0.3) is 0 Å². The molecule has 29 heavy (non-hydrogen) atoms. The Morgan fingerprint density at radius 3 is 2.41 bits per heavy atom. The van der Waals surface area contributed by atoms with Crippen LogP contribution in [0.25, 0.3) is 0 Å². The number of phenolic OH excluding ortho intramolecular Hbond substituents is 1. The van der Waals surface area contributed by atoms with Crippen LogP contribution in [-0.4, -0.2) is 60.1 Å². The molecule has 6 nitrogen and oxygen atoms in total. The van der Waals surface area contributed by atoms with Crippen LogP contribution in [0.1, 0.15) is 18.1 Å². The first-order valence-corrected chi connectivity index (χ1v) is 12.0. The van der Waals surface area contributed by atoms with Gasteiger partial charge in [0.05, 0.1) is 5.25 Å². The average molecular weight is 435 g/mol.